The molecule has 0 aliphatic heterocycles. The molecule has 0 saturated heterocycles. The van der Waals surface area contributed by atoms with E-state index in [1.165, 1.54) is 11.1 Å². The van der Waals surface area contributed by atoms with Crippen LogP contribution in [0, 0.1) is 0 Å². The van der Waals surface area contributed by atoms with Crippen LogP contribution in [0.1, 0.15) is 75.5 Å². The van der Waals surface area contributed by atoms with Gasteiger partial charge in [-0.25, -0.2) is 13.1 Å². The lowest BCUT2D eigenvalue weighted by Crippen LogP contribution is -2.38. The summed E-state index contributed by atoms with van der Waals surface area (Å²) in [5.74, 6) is 0. The molecule has 1 heterocycles. The van der Waals surface area contributed by atoms with Crippen molar-refractivity contribution in [1.29, 1.82) is 0 Å². The molecule has 32 heavy (non-hydrogen) atoms. The Bertz CT molecular complexity index is 1150. The van der Waals surface area contributed by atoms with Crippen LogP contribution in [0.25, 0.3) is 11.3 Å². The van der Waals surface area contributed by atoms with Crippen LogP contribution in [0.4, 0.5) is 0 Å². The third kappa shape index (κ3) is 4.17. The van der Waals surface area contributed by atoms with Crippen LogP contribution >= 0.6 is 0 Å². The Kier molecular flexibility index (Phi) is 6.86. The number of benzene rings is 1. The zero-order valence-corrected chi connectivity index (χ0v) is 20.4. The van der Waals surface area contributed by atoms with Crippen molar-refractivity contribution in [3.63, 3.8) is 0 Å². The molecule has 1 saturated carbocycles. The van der Waals surface area contributed by atoms with E-state index in [0.717, 1.165) is 79.3 Å². The summed E-state index contributed by atoms with van der Waals surface area (Å²) < 4.78 is 30.5. The lowest BCUT2D eigenvalue weighted by molar-refractivity contribution is 0.285. The average Bonchev–Trinajstić information content (AvgIpc) is 2.84. The van der Waals surface area contributed by atoms with Gasteiger partial charge in [0.1, 0.15) is 0 Å². The minimum Gasteiger partial charge on any atom is -0.267 e. The first-order chi connectivity index (χ1) is 15.4. The Hall–Kier alpha value is -1.99. The molecule has 0 amide bonds. The van der Waals surface area contributed by atoms with E-state index in [1.807, 2.05) is 26.0 Å². The van der Waals surface area contributed by atoms with Gasteiger partial charge >= 0.3 is 0 Å². The molecule has 0 spiro atoms. The molecule has 0 radical (unpaired) electrons. The second kappa shape index (κ2) is 9.48. The van der Waals surface area contributed by atoms with Gasteiger partial charge in [0.25, 0.3) is 5.56 Å². The van der Waals surface area contributed by atoms with Crippen molar-refractivity contribution in [2.75, 3.05) is 7.05 Å². The maximum Gasteiger partial charge on any atom is 0.270 e. The van der Waals surface area contributed by atoms with E-state index in [2.05, 4.69) is 5.10 Å². The molecule has 6 nitrogen and oxygen atoms in total. The lowest BCUT2D eigenvalue weighted by Gasteiger charge is -2.31. The zero-order valence-electron chi connectivity index (χ0n) is 19.6. The first-order valence-electron chi connectivity index (χ1n) is 12.1. The highest BCUT2D eigenvalue weighted by Crippen LogP contribution is 2.33. The summed E-state index contributed by atoms with van der Waals surface area (Å²) in [5, 5.41) is 4.68. The van der Waals surface area contributed by atoms with Gasteiger partial charge in [-0.3, -0.25) is 4.79 Å². The number of rotatable bonds is 6. The summed E-state index contributed by atoms with van der Waals surface area (Å²) in [7, 11) is -1.89. The standard InChI is InChI=1S/C25H35N3O3S/c1-4-18-15-16-19(17-23(18)32(30,31)27(3)20-11-7-6-8-12-20)24-21-13-9-10-14-22(21)25(29)28(5-2)26-24/h15-17,20H,4-14H2,1-3H3. The van der Waals surface area contributed by atoms with E-state index in [-0.39, 0.29) is 11.6 Å². The smallest absolute Gasteiger partial charge is 0.267 e. The zero-order chi connectivity index (χ0) is 22.9. The van der Waals surface area contributed by atoms with E-state index in [9.17, 15) is 13.2 Å². The Morgan fingerprint density at radius 2 is 1.72 bits per heavy atom. The second-order valence-corrected chi connectivity index (χ2v) is 11.1. The van der Waals surface area contributed by atoms with Crippen molar-refractivity contribution in [3.05, 3.63) is 45.2 Å². The van der Waals surface area contributed by atoms with E-state index in [1.54, 1.807) is 17.4 Å². The maximum atomic E-state index is 13.7. The van der Waals surface area contributed by atoms with Crippen LogP contribution < -0.4 is 5.56 Å². The van der Waals surface area contributed by atoms with Crippen molar-refractivity contribution >= 4 is 10.0 Å². The largest absolute Gasteiger partial charge is 0.270 e. The molecular weight excluding hydrogens is 422 g/mol. The Morgan fingerprint density at radius 3 is 2.38 bits per heavy atom. The number of fused-ring (bicyclic) bond motifs is 1. The third-order valence-electron chi connectivity index (χ3n) is 7.23. The van der Waals surface area contributed by atoms with Crippen molar-refractivity contribution in [2.45, 2.75) is 95.5 Å². The molecule has 2 aliphatic carbocycles. The Labute approximate surface area is 191 Å². The third-order valence-corrected chi connectivity index (χ3v) is 9.23. The highest BCUT2D eigenvalue weighted by Gasteiger charge is 2.31. The Morgan fingerprint density at radius 1 is 1.03 bits per heavy atom. The highest BCUT2D eigenvalue weighted by molar-refractivity contribution is 7.89. The van der Waals surface area contributed by atoms with Crippen LogP contribution in [-0.4, -0.2) is 35.6 Å². The normalized spacial score (nSPS) is 17.5. The minimum atomic E-state index is -3.62. The van der Waals surface area contributed by atoms with Crippen molar-refractivity contribution in [3.8, 4) is 11.3 Å². The van der Waals surface area contributed by atoms with Gasteiger partial charge in [-0.2, -0.15) is 9.40 Å². The topological polar surface area (TPSA) is 72.3 Å². The monoisotopic (exact) mass is 457 g/mol. The summed E-state index contributed by atoms with van der Waals surface area (Å²) in [5.41, 5.74) is 4.24. The highest BCUT2D eigenvalue weighted by atomic mass is 32.2. The van der Waals surface area contributed by atoms with E-state index in [4.69, 9.17) is 0 Å². The van der Waals surface area contributed by atoms with Crippen LogP contribution in [0.5, 0.6) is 0 Å². The summed E-state index contributed by atoms with van der Waals surface area (Å²) in [6.45, 7) is 4.41. The minimum absolute atomic E-state index is 0.000931. The molecule has 7 heteroatoms. The fraction of sp³-hybridized carbons (Fsp3) is 0.600. The van der Waals surface area contributed by atoms with Crippen LogP contribution in [-0.2, 0) is 35.8 Å². The lowest BCUT2D eigenvalue weighted by atomic mass is 9.89. The fourth-order valence-electron chi connectivity index (χ4n) is 5.26. The van der Waals surface area contributed by atoms with Gasteiger partial charge in [-0.1, -0.05) is 38.3 Å². The van der Waals surface area contributed by atoms with Gasteiger partial charge < -0.3 is 0 Å². The van der Waals surface area contributed by atoms with Crippen LogP contribution in [0.2, 0.25) is 0 Å². The van der Waals surface area contributed by atoms with E-state index in [0.29, 0.717) is 17.9 Å². The molecular formula is C25H35N3O3S. The number of hydrogen-bond acceptors (Lipinski definition) is 4. The predicted octanol–water partition coefficient (Wildman–Crippen LogP) is 4.32. The summed E-state index contributed by atoms with van der Waals surface area (Å²) >= 11 is 0. The van der Waals surface area contributed by atoms with Crippen molar-refractivity contribution in [1.82, 2.24) is 14.1 Å². The number of aromatic nitrogens is 2. The summed E-state index contributed by atoms with van der Waals surface area (Å²) in [6.07, 6.45) is 9.47. The van der Waals surface area contributed by atoms with Gasteiger partial charge in [-0.15, -0.1) is 0 Å². The Balaban J connectivity index is 1.84. The quantitative estimate of drug-likeness (QED) is 0.647. The SMILES string of the molecule is CCc1ccc(-c2nn(CC)c(=O)c3c2CCCC3)cc1S(=O)(=O)N(C)C1CCCCC1. The van der Waals surface area contributed by atoms with Crippen LogP contribution in [0.3, 0.4) is 0 Å². The second-order valence-electron chi connectivity index (χ2n) is 9.12. The molecule has 0 atom stereocenters. The van der Waals surface area contributed by atoms with Crippen molar-refractivity contribution < 1.29 is 8.42 Å². The first kappa shape index (κ1) is 23.2. The van der Waals surface area contributed by atoms with Crippen LogP contribution in [0.15, 0.2) is 27.9 Å². The maximum absolute atomic E-state index is 13.7. The van der Waals surface area contributed by atoms with Gasteiger partial charge in [0.2, 0.25) is 10.0 Å². The molecule has 0 unspecified atom stereocenters. The molecule has 0 N–H and O–H groups in total. The number of hydrogen-bond donors (Lipinski definition) is 0. The van der Waals surface area contributed by atoms with E-state index >= 15 is 0 Å². The number of nitrogens with zero attached hydrogens (tertiary/aromatic N) is 3. The molecule has 1 aromatic heterocycles. The van der Waals surface area contributed by atoms with Gasteiger partial charge in [-0.05, 0) is 69.1 Å². The predicted molar refractivity (Wildman–Crippen MR) is 127 cm³/mol. The number of sulfonamides is 1. The molecule has 0 bridgehead atoms. The van der Waals surface area contributed by atoms with Gasteiger partial charge in [0.15, 0.2) is 0 Å². The summed E-state index contributed by atoms with van der Waals surface area (Å²) in [4.78, 5) is 13.2. The number of aryl methyl sites for hydroxylation is 2. The van der Waals surface area contributed by atoms with Gasteiger partial charge in [0.05, 0.1) is 10.6 Å². The van der Waals surface area contributed by atoms with E-state index < -0.39 is 10.0 Å². The summed E-state index contributed by atoms with van der Waals surface area (Å²) in [6, 6.07) is 5.76. The van der Waals surface area contributed by atoms with Crippen molar-refractivity contribution in [2.24, 2.45) is 0 Å². The average molecular weight is 458 g/mol. The molecule has 4 rings (SSSR count). The molecule has 2 aromatic rings. The first-order valence-corrected chi connectivity index (χ1v) is 13.6. The fourth-order valence-corrected chi connectivity index (χ4v) is 6.99. The molecule has 2 aliphatic rings. The molecule has 174 valence electrons. The molecule has 1 aromatic carbocycles. The molecule has 1 fully saturated rings. The van der Waals surface area contributed by atoms with Gasteiger partial charge in [0, 0.05) is 30.8 Å².